The molecule has 1 aromatic carbocycles. The number of hydrogen-bond donors (Lipinski definition) is 0. The third-order valence-electron chi connectivity index (χ3n) is 4.02. The molecular weight excluding hydrogens is 234 g/mol. The van der Waals surface area contributed by atoms with Crippen molar-refractivity contribution in [2.24, 2.45) is 5.92 Å². The first kappa shape index (κ1) is 14.3. The average Bonchev–Trinajstić information content (AvgIpc) is 2.85. The van der Waals surface area contributed by atoms with Crippen molar-refractivity contribution in [3.05, 3.63) is 35.4 Å². The number of carbonyl (C=O) groups is 1. The van der Waals surface area contributed by atoms with Gasteiger partial charge in [-0.3, -0.25) is 4.90 Å². The molecule has 1 fully saturated rings. The number of hydrogen-bond acceptors (Lipinski definition) is 2. The highest BCUT2D eigenvalue weighted by atomic mass is 16.1. The third kappa shape index (κ3) is 4.46. The smallest absolute Gasteiger partial charge is 0.120 e. The van der Waals surface area contributed by atoms with Crippen molar-refractivity contribution in [2.75, 3.05) is 13.1 Å². The zero-order chi connectivity index (χ0) is 13.5. The molecule has 2 rings (SSSR count). The van der Waals surface area contributed by atoms with Gasteiger partial charge in [0.25, 0.3) is 0 Å². The summed E-state index contributed by atoms with van der Waals surface area (Å²) in [7, 11) is 0. The Bertz CT molecular complexity index is 402. The van der Waals surface area contributed by atoms with Gasteiger partial charge in [-0.25, -0.2) is 0 Å². The summed E-state index contributed by atoms with van der Waals surface area (Å²) < 4.78 is 0. The van der Waals surface area contributed by atoms with Crippen LogP contribution in [-0.2, 0) is 17.8 Å². The van der Waals surface area contributed by atoms with Gasteiger partial charge in [0.1, 0.15) is 6.29 Å². The van der Waals surface area contributed by atoms with E-state index in [-0.39, 0.29) is 0 Å². The Morgan fingerprint density at radius 3 is 3.00 bits per heavy atom. The monoisotopic (exact) mass is 259 g/mol. The van der Waals surface area contributed by atoms with Crippen molar-refractivity contribution < 1.29 is 4.79 Å². The van der Waals surface area contributed by atoms with E-state index in [0.717, 1.165) is 32.3 Å². The highest BCUT2D eigenvalue weighted by Gasteiger charge is 2.21. The van der Waals surface area contributed by atoms with Gasteiger partial charge in [-0.05, 0) is 42.9 Å². The Labute approximate surface area is 116 Å². The summed E-state index contributed by atoms with van der Waals surface area (Å²) in [4.78, 5) is 13.0. The molecule has 19 heavy (non-hydrogen) atoms. The highest BCUT2D eigenvalue weighted by molar-refractivity contribution is 5.49. The molecular formula is C17H25NO. The predicted octanol–water partition coefficient (Wildman–Crippen LogP) is 3.44. The van der Waals surface area contributed by atoms with Crippen LogP contribution < -0.4 is 0 Å². The van der Waals surface area contributed by atoms with Crippen LogP contribution in [0.1, 0.15) is 43.7 Å². The maximum atomic E-state index is 10.6. The van der Waals surface area contributed by atoms with E-state index < -0.39 is 0 Å². The Kier molecular flexibility index (Phi) is 5.59. The Morgan fingerprint density at radius 2 is 2.21 bits per heavy atom. The first-order chi connectivity index (χ1) is 9.31. The van der Waals surface area contributed by atoms with E-state index in [4.69, 9.17) is 0 Å². The lowest BCUT2D eigenvalue weighted by Crippen LogP contribution is -2.20. The van der Waals surface area contributed by atoms with Crippen molar-refractivity contribution in [3.8, 4) is 0 Å². The van der Waals surface area contributed by atoms with E-state index in [0.29, 0.717) is 5.92 Å². The van der Waals surface area contributed by atoms with Gasteiger partial charge in [0, 0.05) is 19.5 Å². The summed E-state index contributed by atoms with van der Waals surface area (Å²) in [5, 5.41) is 0. The van der Waals surface area contributed by atoms with Gasteiger partial charge < -0.3 is 4.79 Å². The second-order valence-corrected chi connectivity index (χ2v) is 5.72. The lowest BCUT2D eigenvalue weighted by Gasteiger charge is -2.16. The van der Waals surface area contributed by atoms with E-state index in [9.17, 15) is 4.79 Å². The number of carbonyl (C=O) groups excluding carboxylic acids is 1. The molecule has 2 nitrogen and oxygen atoms in total. The fraction of sp³-hybridized carbons (Fsp3) is 0.588. The topological polar surface area (TPSA) is 20.3 Å². The van der Waals surface area contributed by atoms with Gasteiger partial charge >= 0.3 is 0 Å². The number of unbranched alkanes of at least 4 members (excludes halogenated alkanes) is 1. The summed E-state index contributed by atoms with van der Waals surface area (Å²) >= 11 is 0. The standard InChI is InChI=1S/C17H25NO/c1-2-3-5-15-6-4-7-17(12-15)14-18-10-8-16(13-18)9-11-19/h4,6-7,11-12,16H,2-3,5,8-10,13-14H2,1H3. The summed E-state index contributed by atoms with van der Waals surface area (Å²) in [5.74, 6) is 0.584. The van der Waals surface area contributed by atoms with E-state index in [1.807, 2.05) is 0 Å². The Balaban J connectivity index is 1.87. The van der Waals surface area contributed by atoms with Crippen molar-refractivity contribution in [2.45, 2.75) is 45.6 Å². The third-order valence-corrected chi connectivity index (χ3v) is 4.02. The zero-order valence-electron chi connectivity index (χ0n) is 12.0. The molecule has 1 heterocycles. The van der Waals surface area contributed by atoms with Crippen LogP contribution in [-0.4, -0.2) is 24.3 Å². The molecule has 104 valence electrons. The fourth-order valence-corrected chi connectivity index (χ4v) is 2.91. The number of rotatable bonds is 7. The molecule has 0 saturated carbocycles. The highest BCUT2D eigenvalue weighted by Crippen LogP contribution is 2.21. The minimum absolute atomic E-state index is 0.584. The first-order valence-electron chi connectivity index (χ1n) is 7.55. The molecule has 1 aliphatic rings. The number of likely N-dealkylation sites (tertiary alicyclic amines) is 1. The van der Waals surface area contributed by atoms with Crippen molar-refractivity contribution in [1.82, 2.24) is 4.90 Å². The zero-order valence-corrected chi connectivity index (χ0v) is 12.0. The molecule has 0 aromatic heterocycles. The van der Waals surface area contributed by atoms with E-state index in [1.165, 1.54) is 36.8 Å². The number of nitrogens with zero attached hydrogens (tertiary/aromatic N) is 1. The molecule has 1 aromatic rings. The van der Waals surface area contributed by atoms with Crippen molar-refractivity contribution in [1.29, 1.82) is 0 Å². The molecule has 0 bridgehead atoms. The van der Waals surface area contributed by atoms with Crippen LogP contribution in [0.2, 0.25) is 0 Å². The molecule has 0 amide bonds. The second kappa shape index (κ2) is 7.44. The molecule has 0 aliphatic carbocycles. The maximum Gasteiger partial charge on any atom is 0.120 e. The lowest BCUT2D eigenvalue weighted by atomic mass is 10.1. The van der Waals surface area contributed by atoms with Crippen LogP contribution in [0.15, 0.2) is 24.3 Å². The fourth-order valence-electron chi connectivity index (χ4n) is 2.91. The molecule has 2 heteroatoms. The van der Waals surface area contributed by atoms with Gasteiger partial charge in [0.2, 0.25) is 0 Å². The van der Waals surface area contributed by atoms with Crippen LogP contribution >= 0.6 is 0 Å². The van der Waals surface area contributed by atoms with Crippen molar-refractivity contribution >= 4 is 6.29 Å². The number of aryl methyl sites for hydroxylation is 1. The second-order valence-electron chi connectivity index (χ2n) is 5.72. The van der Waals surface area contributed by atoms with Crippen LogP contribution in [0, 0.1) is 5.92 Å². The minimum Gasteiger partial charge on any atom is -0.303 e. The van der Waals surface area contributed by atoms with E-state index >= 15 is 0 Å². The van der Waals surface area contributed by atoms with Crippen LogP contribution in [0.5, 0.6) is 0 Å². The van der Waals surface area contributed by atoms with Crippen LogP contribution in [0.25, 0.3) is 0 Å². The summed E-state index contributed by atoms with van der Waals surface area (Å²) in [6, 6.07) is 8.99. The molecule has 1 atom stereocenters. The first-order valence-corrected chi connectivity index (χ1v) is 7.55. The molecule has 0 spiro atoms. The van der Waals surface area contributed by atoms with Gasteiger partial charge in [-0.1, -0.05) is 37.6 Å². The molecule has 1 saturated heterocycles. The maximum absolute atomic E-state index is 10.6. The van der Waals surface area contributed by atoms with Crippen LogP contribution in [0.3, 0.4) is 0 Å². The Morgan fingerprint density at radius 1 is 1.37 bits per heavy atom. The molecule has 0 radical (unpaired) electrons. The normalized spacial score (nSPS) is 19.7. The van der Waals surface area contributed by atoms with Gasteiger partial charge in [0.05, 0.1) is 0 Å². The van der Waals surface area contributed by atoms with Gasteiger partial charge in [-0.15, -0.1) is 0 Å². The van der Waals surface area contributed by atoms with Gasteiger partial charge in [-0.2, -0.15) is 0 Å². The number of aldehydes is 1. The van der Waals surface area contributed by atoms with E-state index in [2.05, 4.69) is 36.1 Å². The van der Waals surface area contributed by atoms with Crippen molar-refractivity contribution in [3.63, 3.8) is 0 Å². The quantitative estimate of drug-likeness (QED) is 0.699. The molecule has 1 aliphatic heterocycles. The SMILES string of the molecule is CCCCc1cccc(CN2CCC(CC=O)C2)c1. The summed E-state index contributed by atoms with van der Waals surface area (Å²) in [5.41, 5.74) is 2.88. The van der Waals surface area contributed by atoms with Gasteiger partial charge in [0.15, 0.2) is 0 Å². The predicted molar refractivity (Wildman–Crippen MR) is 79.1 cm³/mol. The Hall–Kier alpha value is -1.15. The molecule has 1 unspecified atom stereocenters. The summed E-state index contributed by atoms with van der Waals surface area (Å²) in [6.07, 6.45) is 6.69. The molecule has 0 N–H and O–H groups in total. The van der Waals surface area contributed by atoms with E-state index in [1.54, 1.807) is 0 Å². The largest absolute Gasteiger partial charge is 0.303 e. The summed E-state index contributed by atoms with van der Waals surface area (Å²) in [6.45, 7) is 5.49. The average molecular weight is 259 g/mol. The minimum atomic E-state index is 0.584. The lowest BCUT2D eigenvalue weighted by molar-refractivity contribution is -0.108. The number of benzene rings is 1. The van der Waals surface area contributed by atoms with Crippen LogP contribution in [0.4, 0.5) is 0 Å².